The van der Waals surface area contributed by atoms with Crippen LogP contribution < -0.4 is 5.32 Å². The highest BCUT2D eigenvalue weighted by atomic mass is 19.4. The van der Waals surface area contributed by atoms with Crippen LogP contribution in [0.25, 0.3) is 0 Å². The average Bonchev–Trinajstić information content (AvgIpc) is 2.24. The van der Waals surface area contributed by atoms with Gasteiger partial charge >= 0.3 is 6.18 Å². The summed E-state index contributed by atoms with van der Waals surface area (Å²) in [7, 11) is 0. The molecule has 17 heavy (non-hydrogen) atoms. The van der Waals surface area contributed by atoms with Gasteiger partial charge in [-0.25, -0.2) is 4.98 Å². The lowest BCUT2D eigenvalue weighted by atomic mass is 10.2. The predicted octanol–water partition coefficient (Wildman–Crippen LogP) is 1.17. The summed E-state index contributed by atoms with van der Waals surface area (Å²) in [6.07, 6.45) is -5.47. The molecule has 0 radical (unpaired) electrons. The number of aromatic nitrogens is 1. The summed E-state index contributed by atoms with van der Waals surface area (Å²) in [4.78, 5) is 3.85. The van der Waals surface area contributed by atoms with Gasteiger partial charge in [0.05, 0.1) is 18.3 Å². The van der Waals surface area contributed by atoms with E-state index in [9.17, 15) is 13.2 Å². The van der Waals surface area contributed by atoms with Crippen LogP contribution in [-0.2, 0) is 6.18 Å². The standard InChI is InChI=1S/C10H13F3N2O2/c1-6-2-7(10(11,12)13)3-9(15-6)14-4-8(17)5-16/h2-3,8,16-17H,4-5H2,1H3,(H,14,15). The third kappa shape index (κ3) is 4.20. The van der Waals surface area contributed by atoms with Crippen molar-refractivity contribution in [3.8, 4) is 0 Å². The van der Waals surface area contributed by atoms with Crippen LogP contribution in [0.15, 0.2) is 12.1 Å². The number of hydrogen-bond donors (Lipinski definition) is 3. The lowest BCUT2D eigenvalue weighted by Gasteiger charge is -2.13. The van der Waals surface area contributed by atoms with Gasteiger partial charge in [-0.3, -0.25) is 0 Å². The molecule has 96 valence electrons. The van der Waals surface area contributed by atoms with Gasteiger partial charge < -0.3 is 15.5 Å². The summed E-state index contributed by atoms with van der Waals surface area (Å²) in [6, 6.07) is 1.80. The van der Waals surface area contributed by atoms with E-state index in [0.29, 0.717) is 0 Å². The predicted molar refractivity (Wildman–Crippen MR) is 55.6 cm³/mol. The molecule has 0 aliphatic rings. The molecule has 1 aromatic rings. The van der Waals surface area contributed by atoms with Crippen LogP contribution in [-0.4, -0.2) is 34.5 Å². The van der Waals surface area contributed by atoms with E-state index in [4.69, 9.17) is 10.2 Å². The van der Waals surface area contributed by atoms with E-state index in [2.05, 4.69) is 10.3 Å². The molecule has 1 heterocycles. The smallest absolute Gasteiger partial charge is 0.394 e. The first-order chi connectivity index (χ1) is 7.82. The normalized spacial score (nSPS) is 13.5. The number of halogens is 3. The molecule has 1 rings (SSSR count). The topological polar surface area (TPSA) is 65.4 Å². The number of rotatable bonds is 4. The van der Waals surface area contributed by atoms with E-state index in [1.54, 1.807) is 0 Å². The number of aliphatic hydroxyl groups excluding tert-OH is 2. The molecular weight excluding hydrogens is 237 g/mol. The Morgan fingerprint density at radius 1 is 1.41 bits per heavy atom. The number of aliphatic hydroxyl groups is 2. The molecule has 0 saturated heterocycles. The van der Waals surface area contributed by atoms with Crippen molar-refractivity contribution < 1.29 is 23.4 Å². The number of alkyl halides is 3. The molecule has 0 saturated carbocycles. The highest BCUT2D eigenvalue weighted by Gasteiger charge is 2.31. The second kappa shape index (κ2) is 5.33. The molecule has 0 aliphatic heterocycles. The fraction of sp³-hybridized carbons (Fsp3) is 0.500. The summed E-state index contributed by atoms with van der Waals surface area (Å²) >= 11 is 0. The fourth-order valence-corrected chi connectivity index (χ4v) is 1.21. The maximum Gasteiger partial charge on any atom is 0.416 e. The van der Waals surface area contributed by atoms with Crippen molar-refractivity contribution >= 4 is 5.82 Å². The second-order valence-corrected chi connectivity index (χ2v) is 3.60. The zero-order valence-electron chi connectivity index (χ0n) is 9.12. The highest BCUT2D eigenvalue weighted by molar-refractivity contribution is 5.40. The van der Waals surface area contributed by atoms with Crippen molar-refractivity contribution in [3.63, 3.8) is 0 Å². The van der Waals surface area contributed by atoms with E-state index in [0.717, 1.165) is 12.1 Å². The highest BCUT2D eigenvalue weighted by Crippen LogP contribution is 2.30. The summed E-state index contributed by atoms with van der Waals surface area (Å²) < 4.78 is 37.4. The van der Waals surface area contributed by atoms with Gasteiger partial charge in [-0.05, 0) is 19.1 Å². The average molecular weight is 250 g/mol. The van der Waals surface area contributed by atoms with Gasteiger partial charge in [0.1, 0.15) is 5.82 Å². The molecule has 0 spiro atoms. The monoisotopic (exact) mass is 250 g/mol. The molecular formula is C10H13F3N2O2. The summed E-state index contributed by atoms with van der Waals surface area (Å²) in [5, 5.41) is 20.1. The maximum atomic E-state index is 12.5. The summed E-state index contributed by atoms with van der Waals surface area (Å²) in [5.74, 6) is 0.0184. The molecule has 1 unspecified atom stereocenters. The van der Waals surface area contributed by atoms with Crippen molar-refractivity contribution in [1.82, 2.24) is 4.98 Å². The van der Waals surface area contributed by atoms with Crippen LogP contribution in [0.1, 0.15) is 11.3 Å². The Hall–Kier alpha value is -1.34. The van der Waals surface area contributed by atoms with Crippen molar-refractivity contribution in [2.45, 2.75) is 19.2 Å². The first kappa shape index (κ1) is 13.7. The maximum absolute atomic E-state index is 12.5. The van der Waals surface area contributed by atoms with Crippen LogP contribution in [0.5, 0.6) is 0 Å². The Labute approximate surface area is 96.1 Å². The second-order valence-electron chi connectivity index (χ2n) is 3.60. The van der Waals surface area contributed by atoms with Crippen molar-refractivity contribution in [2.75, 3.05) is 18.5 Å². The summed E-state index contributed by atoms with van der Waals surface area (Å²) in [5.41, 5.74) is -0.577. The SMILES string of the molecule is Cc1cc(C(F)(F)F)cc(NCC(O)CO)n1. The number of aryl methyl sites for hydroxylation is 1. The Bertz CT molecular complexity index is 382. The van der Waals surface area contributed by atoms with Crippen LogP contribution >= 0.6 is 0 Å². The minimum atomic E-state index is -4.43. The van der Waals surface area contributed by atoms with Crippen LogP contribution in [0.4, 0.5) is 19.0 Å². The quantitative estimate of drug-likeness (QED) is 0.750. The number of nitrogens with one attached hydrogen (secondary N) is 1. The van der Waals surface area contributed by atoms with Crippen molar-refractivity contribution in [1.29, 1.82) is 0 Å². The first-order valence-electron chi connectivity index (χ1n) is 4.91. The molecule has 0 aliphatic carbocycles. The van der Waals surface area contributed by atoms with E-state index < -0.39 is 24.5 Å². The number of pyridine rings is 1. The molecule has 4 nitrogen and oxygen atoms in total. The Kier molecular flexibility index (Phi) is 4.30. The van der Waals surface area contributed by atoms with Crippen molar-refractivity contribution in [3.05, 3.63) is 23.4 Å². The molecule has 0 fully saturated rings. The Morgan fingerprint density at radius 3 is 2.59 bits per heavy atom. The molecule has 0 aromatic carbocycles. The number of hydrogen-bond acceptors (Lipinski definition) is 4. The van der Waals surface area contributed by atoms with Crippen molar-refractivity contribution in [2.24, 2.45) is 0 Å². The summed E-state index contributed by atoms with van der Waals surface area (Å²) in [6.45, 7) is 0.915. The molecule has 1 atom stereocenters. The van der Waals surface area contributed by atoms with Gasteiger partial charge in [-0.1, -0.05) is 0 Å². The minimum absolute atomic E-state index is 0.0184. The van der Waals surface area contributed by atoms with Crippen LogP contribution in [0.3, 0.4) is 0 Å². The first-order valence-corrected chi connectivity index (χ1v) is 4.91. The van der Waals surface area contributed by atoms with Gasteiger partial charge in [0.15, 0.2) is 0 Å². The fourth-order valence-electron chi connectivity index (χ4n) is 1.21. The third-order valence-electron chi connectivity index (χ3n) is 2.01. The molecule has 7 heteroatoms. The zero-order valence-corrected chi connectivity index (χ0v) is 9.12. The van der Waals surface area contributed by atoms with Crippen LogP contribution in [0.2, 0.25) is 0 Å². The molecule has 1 aromatic heterocycles. The lowest BCUT2D eigenvalue weighted by Crippen LogP contribution is -2.23. The van der Waals surface area contributed by atoms with Crippen LogP contribution in [0, 0.1) is 6.92 Å². The Balaban J connectivity index is 2.83. The number of anilines is 1. The number of nitrogens with zero attached hydrogens (tertiary/aromatic N) is 1. The zero-order chi connectivity index (χ0) is 13.1. The van der Waals surface area contributed by atoms with Gasteiger partial charge in [-0.15, -0.1) is 0 Å². The third-order valence-corrected chi connectivity index (χ3v) is 2.01. The molecule has 0 bridgehead atoms. The van der Waals surface area contributed by atoms with Gasteiger partial charge in [0, 0.05) is 12.2 Å². The van der Waals surface area contributed by atoms with E-state index in [1.165, 1.54) is 6.92 Å². The minimum Gasteiger partial charge on any atom is -0.394 e. The van der Waals surface area contributed by atoms with Gasteiger partial charge in [0.2, 0.25) is 0 Å². The largest absolute Gasteiger partial charge is 0.416 e. The molecule has 0 amide bonds. The van der Waals surface area contributed by atoms with E-state index >= 15 is 0 Å². The van der Waals surface area contributed by atoms with E-state index in [-0.39, 0.29) is 18.1 Å². The lowest BCUT2D eigenvalue weighted by molar-refractivity contribution is -0.137. The van der Waals surface area contributed by atoms with E-state index in [1.807, 2.05) is 0 Å². The molecule has 3 N–H and O–H groups in total. The van der Waals surface area contributed by atoms with Gasteiger partial charge in [-0.2, -0.15) is 13.2 Å². The van der Waals surface area contributed by atoms with Gasteiger partial charge in [0.25, 0.3) is 0 Å². The Morgan fingerprint density at radius 2 is 2.06 bits per heavy atom.